The van der Waals surface area contributed by atoms with Gasteiger partial charge in [0.05, 0.1) is 13.2 Å². The molecule has 166 valence electrons. The number of amides is 1. The van der Waals surface area contributed by atoms with E-state index >= 15 is 0 Å². The molecular weight excluding hydrogens is 399 g/mol. The van der Waals surface area contributed by atoms with Crippen LogP contribution in [0.3, 0.4) is 0 Å². The van der Waals surface area contributed by atoms with Crippen molar-refractivity contribution in [2.75, 3.05) is 33.8 Å². The molecule has 0 atom stereocenters. The van der Waals surface area contributed by atoms with Crippen molar-refractivity contribution in [1.82, 2.24) is 9.80 Å². The third-order valence-corrected chi connectivity index (χ3v) is 5.40. The maximum absolute atomic E-state index is 13.0. The predicted molar refractivity (Wildman–Crippen MR) is 115 cm³/mol. The smallest absolute Gasteiger partial charge is 0.410 e. The molecule has 1 fully saturated rings. The lowest BCUT2D eigenvalue weighted by Gasteiger charge is -2.32. The predicted octanol–water partition coefficient (Wildman–Crippen LogP) is 3.89. The first kappa shape index (κ1) is 22.9. The van der Waals surface area contributed by atoms with Gasteiger partial charge in [-0.05, 0) is 48.2 Å². The lowest BCUT2D eigenvalue weighted by Crippen LogP contribution is -2.41. The summed E-state index contributed by atoms with van der Waals surface area (Å²) in [7, 11) is 3.38. The molecule has 0 unspecified atom stereocenters. The van der Waals surface area contributed by atoms with Crippen LogP contribution in [-0.4, -0.2) is 61.6 Å². The molecule has 0 aliphatic carbocycles. The average Bonchev–Trinajstić information content (AvgIpc) is 2.77. The Bertz CT molecular complexity index is 862. The van der Waals surface area contributed by atoms with Gasteiger partial charge in [-0.25, -0.2) is 9.18 Å². The Morgan fingerprint density at radius 2 is 1.65 bits per heavy atom. The maximum atomic E-state index is 13.0. The van der Waals surface area contributed by atoms with Crippen LogP contribution >= 0.6 is 0 Å². The summed E-state index contributed by atoms with van der Waals surface area (Å²) in [5.41, 5.74) is 2.61. The molecule has 3 rings (SSSR count). The highest BCUT2D eigenvalue weighted by atomic mass is 19.1. The highest BCUT2D eigenvalue weighted by Crippen LogP contribution is 2.17. The largest absolute Gasteiger partial charge is 0.446 e. The summed E-state index contributed by atoms with van der Waals surface area (Å²) in [6, 6.07) is 13.5. The number of likely N-dealkylation sites (tertiary alicyclic amines) is 1. The van der Waals surface area contributed by atoms with Crippen molar-refractivity contribution in [3.8, 4) is 0 Å². The van der Waals surface area contributed by atoms with Crippen LogP contribution in [0.25, 0.3) is 0 Å². The fourth-order valence-electron chi connectivity index (χ4n) is 3.59. The molecule has 1 heterocycles. The molecule has 2 aromatic carbocycles. The zero-order valence-corrected chi connectivity index (χ0v) is 18.1. The van der Waals surface area contributed by atoms with Crippen LogP contribution in [0.2, 0.25) is 0 Å². The summed E-state index contributed by atoms with van der Waals surface area (Å²) in [5, 5.41) is 0. The van der Waals surface area contributed by atoms with Crippen molar-refractivity contribution < 1.29 is 23.5 Å². The third kappa shape index (κ3) is 6.87. The Labute approximate surface area is 182 Å². The van der Waals surface area contributed by atoms with Gasteiger partial charge in [-0.2, -0.15) is 0 Å². The van der Waals surface area contributed by atoms with Crippen LogP contribution in [0, 0.1) is 5.82 Å². The molecule has 1 aliphatic heterocycles. The van der Waals surface area contributed by atoms with E-state index in [2.05, 4.69) is 0 Å². The van der Waals surface area contributed by atoms with Gasteiger partial charge in [0.2, 0.25) is 0 Å². The highest BCUT2D eigenvalue weighted by molar-refractivity contribution is 5.97. The van der Waals surface area contributed by atoms with Crippen molar-refractivity contribution >= 4 is 11.9 Å². The highest BCUT2D eigenvalue weighted by Gasteiger charge is 2.25. The molecule has 1 aliphatic rings. The van der Waals surface area contributed by atoms with E-state index < -0.39 is 0 Å². The number of ketones is 1. The lowest BCUT2D eigenvalue weighted by atomic mass is 10.1. The number of Topliss-reactive ketones (excluding diaryl/α,β-unsaturated/α-hetero) is 1. The molecule has 6 nitrogen and oxygen atoms in total. The van der Waals surface area contributed by atoms with Gasteiger partial charge in [-0.1, -0.05) is 24.3 Å². The Morgan fingerprint density at radius 1 is 1.03 bits per heavy atom. The monoisotopic (exact) mass is 428 g/mol. The number of nitrogens with zero attached hydrogens (tertiary/aromatic N) is 2. The Morgan fingerprint density at radius 3 is 2.26 bits per heavy atom. The number of benzene rings is 2. The number of carbonyl (C=O) groups is 2. The number of rotatable bonds is 8. The average molecular weight is 429 g/mol. The van der Waals surface area contributed by atoms with Crippen molar-refractivity contribution in [2.24, 2.45) is 0 Å². The minimum atomic E-state index is -0.354. The maximum Gasteiger partial charge on any atom is 0.410 e. The topological polar surface area (TPSA) is 59.1 Å². The fraction of sp³-hybridized carbons (Fsp3) is 0.417. The van der Waals surface area contributed by atoms with Gasteiger partial charge < -0.3 is 14.4 Å². The van der Waals surface area contributed by atoms with Crippen LogP contribution in [0.4, 0.5) is 9.18 Å². The minimum absolute atomic E-state index is 0.0355. The number of piperidine rings is 1. The van der Waals surface area contributed by atoms with Gasteiger partial charge in [-0.3, -0.25) is 9.69 Å². The number of ether oxygens (including phenoxy) is 2. The lowest BCUT2D eigenvalue weighted by molar-refractivity contribution is 0.0310. The first-order valence-electron chi connectivity index (χ1n) is 10.4. The molecule has 1 amide bonds. The second-order valence-electron chi connectivity index (χ2n) is 7.89. The van der Waals surface area contributed by atoms with E-state index in [1.54, 1.807) is 19.1 Å². The first-order chi connectivity index (χ1) is 14.9. The van der Waals surface area contributed by atoms with E-state index in [1.807, 2.05) is 29.2 Å². The number of hydrogen-bond donors (Lipinski definition) is 0. The number of hydrogen-bond acceptors (Lipinski definition) is 5. The van der Waals surface area contributed by atoms with Gasteiger partial charge in [0.15, 0.2) is 5.78 Å². The zero-order chi connectivity index (χ0) is 22.2. The Kier molecular flexibility index (Phi) is 8.14. The number of carbonyl (C=O) groups excluding carboxylic acids is 2. The van der Waals surface area contributed by atoms with Crippen LogP contribution in [0.5, 0.6) is 0 Å². The van der Waals surface area contributed by atoms with Crippen LogP contribution < -0.4 is 0 Å². The molecule has 31 heavy (non-hydrogen) atoms. The standard InChI is InChI=1S/C24H29FN2O4/c1-26(15-18-3-5-19(6-4-18)17-30-2)24(29)31-22-11-13-27(14-12-22)16-23(28)20-7-9-21(25)10-8-20/h3-10,22H,11-17H2,1-2H3. The molecular formula is C24H29FN2O4. The van der Waals surface area contributed by atoms with Gasteiger partial charge in [0.1, 0.15) is 11.9 Å². The normalized spacial score (nSPS) is 14.9. The summed E-state index contributed by atoms with van der Waals surface area (Å²) in [4.78, 5) is 28.4. The quantitative estimate of drug-likeness (QED) is 0.597. The third-order valence-electron chi connectivity index (χ3n) is 5.40. The fourth-order valence-corrected chi connectivity index (χ4v) is 3.59. The van der Waals surface area contributed by atoms with E-state index in [4.69, 9.17) is 9.47 Å². The Balaban J connectivity index is 1.40. The molecule has 0 spiro atoms. The van der Waals surface area contributed by atoms with Gasteiger partial charge in [0, 0.05) is 39.4 Å². The number of halogens is 1. The summed E-state index contributed by atoms with van der Waals surface area (Å²) >= 11 is 0. The van der Waals surface area contributed by atoms with E-state index in [0.29, 0.717) is 44.6 Å². The summed E-state index contributed by atoms with van der Waals surface area (Å²) in [6.45, 7) is 2.67. The second kappa shape index (κ2) is 11.0. The van der Waals surface area contributed by atoms with E-state index in [9.17, 15) is 14.0 Å². The second-order valence-corrected chi connectivity index (χ2v) is 7.89. The summed E-state index contributed by atoms with van der Waals surface area (Å²) in [5.74, 6) is -0.390. The number of methoxy groups -OCH3 is 1. The molecule has 0 aromatic heterocycles. The van der Waals surface area contributed by atoms with E-state index in [0.717, 1.165) is 11.1 Å². The van der Waals surface area contributed by atoms with Gasteiger partial charge >= 0.3 is 6.09 Å². The molecule has 1 saturated heterocycles. The molecule has 0 bridgehead atoms. The minimum Gasteiger partial charge on any atom is -0.446 e. The molecule has 2 aromatic rings. The van der Waals surface area contributed by atoms with Crippen LogP contribution in [0.1, 0.15) is 34.3 Å². The zero-order valence-electron chi connectivity index (χ0n) is 18.1. The summed E-state index contributed by atoms with van der Waals surface area (Å²) < 4.78 is 23.8. The first-order valence-corrected chi connectivity index (χ1v) is 10.4. The molecule has 0 radical (unpaired) electrons. The SMILES string of the molecule is COCc1ccc(CN(C)C(=O)OC2CCN(CC(=O)c3ccc(F)cc3)CC2)cc1. The van der Waals surface area contributed by atoms with Crippen molar-refractivity contribution in [3.63, 3.8) is 0 Å². The van der Waals surface area contributed by atoms with Crippen molar-refractivity contribution in [1.29, 1.82) is 0 Å². The van der Waals surface area contributed by atoms with E-state index in [-0.39, 0.29) is 30.3 Å². The molecule has 0 N–H and O–H groups in total. The van der Waals surface area contributed by atoms with Crippen LogP contribution in [-0.2, 0) is 22.6 Å². The molecule has 7 heteroatoms. The van der Waals surface area contributed by atoms with Gasteiger partial charge in [0.25, 0.3) is 0 Å². The van der Waals surface area contributed by atoms with Crippen molar-refractivity contribution in [3.05, 3.63) is 71.0 Å². The van der Waals surface area contributed by atoms with Crippen molar-refractivity contribution in [2.45, 2.75) is 32.1 Å². The van der Waals surface area contributed by atoms with Gasteiger partial charge in [-0.15, -0.1) is 0 Å². The van der Waals surface area contributed by atoms with E-state index in [1.165, 1.54) is 24.3 Å². The summed E-state index contributed by atoms with van der Waals surface area (Å²) in [6.07, 6.45) is 0.863. The van der Waals surface area contributed by atoms with Crippen LogP contribution in [0.15, 0.2) is 48.5 Å². The molecule has 0 saturated carbocycles. The Hall–Kier alpha value is -2.77.